The molecule has 1 heterocycles. The molecule has 0 radical (unpaired) electrons. The molecule has 2 aromatic rings. The molecule has 0 atom stereocenters. The van der Waals surface area contributed by atoms with Crippen LogP contribution in [0.4, 0.5) is 10.2 Å². The summed E-state index contributed by atoms with van der Waals surface area (Å²) in [6, 6.07) is 8.46. The molecule has 0 bridgehead atoms. The summed E-state index contributed by atoms with van der Waals surface area (Å²) in [5.74, 6) is 0.721. The first-order chi connectivity index (χ1) is 10.2. The molecule has 0 aliphatic rings. The van der Waals surface area contributed by atoms with Crippen molar-refractivity contribution in [2.75, 3.05) is 5.32 Å². The third kappa shape index (κ3) is 4.27. The number of halogens is 1. The number of nitrogens with one attached hydrogen (secondary N) is 2. The number of benzene rings is 1. The molecule has 0 spiro atoms. The van der Waals surface area contributed by atoms with Crippen LogP contribution in [0.15, 0.2) is 48.9 Å². The van der Waals surface area contributed by atoms with Gasteiger partial charge in [-0.1, -0.05) is 32.0 Å². The average Bonchev–Trinajstić information content (AvgIpc) is 2.58. The topological polar surface area (TPSA) is 53.6 Å². The van der Waals surface area contributed by atoms with Gasteiger partial charge in [0.05, 0.1) is 6.20 Å². The van der Waals surface area contributed by atoms with Crippen LogP contribution >= 0.6 is 0 Å². The molecule has 0 unspecified atom stereocenters. The number of nitrogens with zero attached hydrogens (tertiary/aromatic N) is 2. The Bertz CT molecular complexity index is 636. The summed E-state index contributed by atoms with van der Waals surface area (Å²) in [4.78, 5) is 4.39. The molecule has 0 saturated heterocycles. The maximum atomic E-state index is 13.7. The fourth-order valence-electron chi connectivity index (χ4n) is 1.88. The van der Waals surface area contributed by atoms with Crippen molar-refractivity contribution >= 4 is 5.82 Å². The molecule has 5 heteroatoms. The van der Waals surface area contributed by atoms with Gasteiger partial charge in [-0.3, -0.25) is 5.10 Å². The standard InChI is InChI=1S/C16H19FN4/c1-12(2)14-11-21-20-9-5-8-18-16(14)19-10-13-6-3-4-7-15(13)17/h3-9,11-12,19-20H,10H2,1-2H3. The van der Waals surface area contributed by atoms with Crippen molar-refractivity contribution in [2.24, 2.45) is 0 Å². The van der Waals surface area contributed by atoms with Gasteiger partial charge in [-0.05, 0) is 18.1 Å². The molecule has 0 fully saturated rings. The van der Waals surface area contributed by atoms with Gasteiger partial charge in [0.2, 0.25) is 0 Å². The monoisotopic (exact) mass is 286 g/mol. The minimum absolute atomic E-state index is 0.223. The SMILES string of the molecule is CC(C)c1cn[nH]cccnc1NCc1ccccc1F. The number of anilines is 1. The van der Waals surface area contributed by atoms with Gasteiger partial charge in [0, 0.05) is 30.1 Å². The van der Waals surface area contributed by atoms with Gasteiger partial charge in [0.15, 0.2) is 0 Å². The Labute approximate surface area is 123 Å². The highest BCUT2D eigenvalue weighted by Crippen LogP contribution is 2.20. The van der Waals surface area contributed by atoms with E-state index in [2.05, 4.69) is 34.3 Å². The fourth-order valence-corrected chi connectivity index (χ4v) is 1.88. The van der Waals surface area contributed by atoms with E-state index in [1.165, 1.54) is 6.07 Å². The van der Waals surface area contributed by atoms with Crippen molar-refractivity contribution in [3.05, 3.63) is 65.9 Å². The Kier molecular flexibility index (Phi) is 5.26. The van der Waals surface area contributed by atoms with Crippen LogP contribution in [-0.2, 0) is 6.54 Å². The van der Waals surface area contributed by atoms with Crippen LogP contribution in [0.1, 0.15) is 30.9 Å². The second-order valence-electron chi connectivity index (χ2n) is 4.93. The van der Waals surface area contributed by atoms with E-state index in [1.54, 1.807) is 36.8 Å². The number of aromatic amines is 1. The Hall–Kier alpha value is -2.43. The summed E-state index contributed by atoms with van der Waals surface area (Å²) in [7, 11) is 0. The minimum atomic E-state index is -0.223. The number of rotatable bonds is 4. The lowest BCUT2D eigenvalue weighted by Gasteiger charge is -2.11. The molecule has 0 aliphatic carbocycles. The highest BCUT2D eigenvalue weighted by molar-refractivity contribution is 5.44. The molecule has 1 aromatic heterocycles. The smallest absolute Gasteiger partial charge is 0.131 e. The Morgan fingerprint density at radius 3 is 2.81 bits per heavy atom. The molecule has 2 N–H and O–H groups in total. The zero-order valence-electron chi connectivity index (χ0n) is 12.2. The summed E-state index contributed by atoms with van der Waals surface area (Å²) < 4.78 is 13.7. The van der Waals surface area contributed by atoms with Crippen LogP contribution in [0.2, 0.25) is 0 Å². The number of hydrogen-bond donors (Lipinski definition) is 2. The van der Waals surface area contributed by atoms with E-state index in [9.17, 15) is 4.39 Å². The van der Waals surface area contributed by atoms with Gasteiger partial charge in [0.1, 0.15) is 11.6 Å². The second-order valence-corrected chi connectivity index (χ2v) is 4.93. The third-order valence-electron chi connectivity index (χ3n) is 3.04. The van der Waals surface area contributed by atoms with Crippen molar-refractivity contribution in [3.8, 4) is 0 Å². The van der Waals surface area contributed by atoms with E-state index >= 15 is 0 Å². The average molecular weight is 286 g/mol. The first-order valence-corrected chi connectivity index (χ1v) is 6.87. The van der Waals surface area contributed by atoms with Crippen LogP contribution in [0.5, 0.6) is 0 Å². The summed E-state index contributed by atoms with van der Waals surface area (Å²) in [5.41, 5.74) is 1.56. The predicted molar refractivity (Wildman–Crippen MR) is 81.8 cm³/mol. The molecular formula is C16H19FN4. The van der Waals surface area contributed by atoms with E-state index in [0.29, 0.717) is 17.9 Å². The molecule has 2 rings (SSSR count). The summed E-state index contributed by atoms with van der Waals surface area (Å²) in [6.45, 7) is 4.50. The van der Waals surface area contributed by atoms with Gasteiger partial charge in [-0.25, -0.2) is 9.37 Å². The van der Waals surface area contributed by atoms with Crippen molar-refractivity contribution in [1.82, 2.24) is 15.2 Å². The van der Waals surface area contributed by atoms with Crippen molar-refractivity contribution in [1.29, 1.82) is 0 Å². The summed E-state index contributed by atoms with van der Waals surface area (Å²) in [5, 5.41) is 10.1. The minimum Gasteiger partial charge on any atom is -0.366 e. The molecule has 0 aliphatic heterocycles. The van der Waals surface area contributed by atoms with Gasteiger partial charge in [0.25, 0.3) is 0 Å². The lowest BCUT2D eigenvalue weighted by atomic mass is 10.1. The number of H-pyrrole nitrogens is 1. The summed E-state index contributed by atoms with van der Waals surface area (Å²) in [6.07, 6.45) is 5.10. The highest BCUT2D eigenvalue weighted by Gasteiger charge is 2.07. The largest absolute Gasteiger partial charge is 0.366 e. The van der Waals surface area contributed by atoms with Crippen molar-refractivity contribution in [3.63, 3.8) is 0 Å². The van der Waals surface area contributed by atoms with Crippen LogP contribution in [-0.4, -0.2) is 15.2 Å². The van der Waals surface area contributed by atoms with Gasteiger partial charge >= 0.3 is 0 Å². The molecule has 0 saturated carbocycles. The first kappa shape index (κ1) is 15.0. The number of hydrogen-bond acceptors (Lipinski definition) is 3. The molecule has 21 heavy (non-hydrogen) atoms. The molecule has 1 aromatic carbocycles. The normalized spacial score (nSPS) is 10.3. The van der Waals surface area contributed by atoms with E-state index in [1.807, 2.05) is 6.07 Å². The van der Waals surface area contributed by atoms with Gasteiger partial charge in [-0.2, -0.15) is 5.10 Å². The van der Waals surface area contributed by atoms with Gasteiger partial charge in [-0.15, -0.1) is 0 Å². The molecule has 110 valence electrons. The Morgan fingerprint density at radius 2 is 2.05 bits per heavy atom. The maximum Gasteiger partial charge on any atom is 0.131 e. The third-order valence-corrected chi connectivity index (χ3v) is 3.04. The maximum absolute atomic E-state index is 13.7. The van der Waals surface area contributed by atoms with Crippen LogP contribution in [0, 0.1) is 5.82 Å². The van der Waals surface area contributed by atoms with E-state index in [4.69, 9.17) is 0 Å². The molecule has 4 nitrogen and oxygen atoms in total. The van der Waals surface area contributed by atoms with E-state index < -0.39 is 0 Å². The zero-order valence-corrected chi connectivity index (χ0v) is 12.2. The van der Waals surface area contributed by atoms with Crippen LogP contribution < -0.4 is 5.32 Å². The Balaban J connectivity index is 2.31. The van der Waals surface area contributed by atoms with Crippen LogP contribution in [0.25, 0.3) is 0 Å². The Morgan fingerprint density at radius 1 is 1.24 bits per heavy atom. The van der Waals surface area contributed by atoms with Crippen molar-refractivity contribution in [2.45, 2.75) is 26.3 Å². The second kappa shape index (κ2) is 7.38. The summed E-state index contributed by atoms with van der Waals surface area (Å²) >= 11 is 0. The predicted octanol–water partition coefficient (Wildman–Crippen LogP) is 3.80. The lowest BCUT2D eigenvalue weighted by Crippen LogP contribution is -2.06. The molecule has 0 amide bonds. The fraction of sp³-hybridized carbons (Fsp3) is 0.250. The molecular weight excluding hydrogens is 267 g/mol. The quantitative estimate of drug-likeness (QED) is 0.898. The number of aromatic nitrogens is 3. The zero-order chi connectivity index (χ0) is 15.1. The lowest BCUT2D eigenvalue weighted by molar-refractivity contribution is 0.613. The van der Waals surface area contributed by atoms with Crippen molar-refractivity contribution < 1.29 is 4.39 Å². The van der Waals surface area contributed by atoms with Gasteiger partial charge < -0.3 is 5.32 Å². The van der Waals surface area contributed by atoms with E-state index in [0.717, 1.165) is 5.56 Å². The van der Waals surface area contributed by atoms with E-state index in [-0.39, 0.29) is 11.7 Å². The highest BCUT2D eigenvalue weighted by atomic mass is 19.1. The first-order valence-electron chi connectivity index (χ1n) is 6.87. The van der Waals surface area contributed by atoms with Crippen LogP contribution in [0.3, 0.4) is 0 Å².